The normalized spacial score (nSPS) is 10.8. The van der Waals surface area contributed by atoms with Crippen molar-refractivity contribution in [3.05, 3.63) is 72.3 Å². The summed E-state index contributed by atoms with van der Waals surface area (Å²) in [6.07, 6.45) is 2.14. The molecule has 0 aromatic heterocycles. The molecule has 5 nitrogen and oxygen atoms in total. The fourth-order valence-electron chi connectivity index (χ4n) is 1.71. The Morgan fingerprint density at radius 3 is 2.52 bits per heavy atom. The molecule has 0 saturated carbocycles. The summed E-state index contributed by atoms with van der Waals surface area (Å²) >= 11 is 0. The van der Waals surface area contributed by atoms with Gasteiger partial charge in [0.05, 0.1) is 10.6 Å². The zero-order valence-corrected chi connectivity index (χ0v) is 12.7. The van der Waals surface area contributed by atoms with Crippen LogP contribution in [0.5, 0.6) is 0 Å². The highest BCUT2D eigenvalue weighted by Gasteiger charge is 2.13. The number of rotatable bonds is 4. The molecule has 0 spiro atoms. The second-order valence-electron chi connectivity index (χ2n) is 4.44. The molecule has 116 valence electrons. The van der Waals surface area contributed by atoms with Gasteiger partial charge in [-0.15, -0.1) is 0 Å². The molecule has 0 unspecified atom stereocenters. The summed E-state index contributed by atoms with van der Waals surface area (Å²) in [6, 6.07) is 14.6. The zero-order chi connectivity index (χ0) is 16.7. The van der Waals surface area contributed by atoms with Crippen molar-refractivity contribution in [3.8, 4) is 11.8 Å². The highest BCUT2D eigenvalue weighted by molar-refractivity contribution is 7.92. The lowest BCUT2D eigenvalue weighted by Crippen LogP contribution is -2.12. The SMILES string of the molecule is O=C(O)C=CC#Cc1cccc(NS(=O)(=O)c2ccccc2)c1. The monoisotopic (exact) mass is 327 g/mol. The quantitative estimate of drug-likeness (QED) is 0.667. The summed E-state index contributed by atoms with van der Waals surface area (Å²) in [5.74, 6) is 4.22. The Morgan fingerprint density at radius 1 is 1.09 bits per heavy atom. The fraction of sp³-hybridized carbons (Fsp3) is 0. The van der Waals surface area contributed by atoms with E-state index in [1.54, 1.807) is 42.5 Å². The molecule has 0 fully saturated rings. The van der Waals surface area contributed by atoms with Crippen molar-refractivity contribution in [2.75, 3.05) is 4.72 Å². The van der Waals surface area contributed by atoms with Crippen LogP contribution in [-0.4, -0.2) is 19.5 Å². The molecular weight excluding hydrogens is 314 g/mol. The number of sulfonamides is 1. The first-order chi connectivity index (χ1) is 11.0. The van der Waals surface area contributed by atoms with E-state index >= 15 is 0 Å². The van der Waals surface area contributed by atoms with Gasteiger partial charge in [0.15, 0.2) is 0 Å². The van der Waals surface area contributed by atoms with Gasteiger partial charge in [0, 0.05) is 11.6 Å². The lowest BCUT2D eigenvalue weighted by Gasteiger charge is -2.08. The van der Waals surface area contributed by atoms with Gasteiger partial charge in [-0.25, -0.2) is 13.2 Å². The van der Waals surface area contributed by atoms with Crippen molar-refractivity contribution < 1.29 is 18.3 Å². The van der Waals surface area contributed by atoms with Gasteiger partial charge in [-0.1, -0.05) is 36.1 Å². The van der Waals surface area contributed by atoms with Crippen molar-refractivity contribution in [2.24, 2.45) is 0 Å². The predicted molar refractivity (Wildman–Crippen MR) is 87.3 cm³/mol. The topological polar surface area (TPSA) is 83.5 Å². The van der Waals surface area contributed by atoms with E-state index < -0.39 is 16.0 Å². The van der Waals surface area contributed by atoms with E-state index in [9.17, 15) is 13.2 Å². The molecule has 2 aromatic rings. The maximum Gasteiger partial charge on any atom is 0.328 e. The number of anilines is 1. The van der Waals surface area contributed by atoms with Crippen LogP contribution < -0.4 is 4.72 Å². The van der Waals surface area contributed by atoms with Crippen LogP contribution in [0.1, 0.15) is 5.56 Å². The molecule has 23 heavy (non-hydrogen) atoms. The first-order valence-electron chi connectivity index (χ1n) is 6.56. The fourth-order valence-corrected chi connectivity index (χ4v) is 2.78. The molecule has 0 saturated heterocycles. The molecule has 6 heteroatoms. The minimum absolute atomic E-state index is 0.167. The summed E-state index contributed by atoms with van der Waals surface area (Å²) in [6.45, 7) is 0. The Bertz CT molecular complexity index is 891. The van der Waals surface area contributed by atoms with Gasteiger partial charge in [0.25, 0.3) is 10.0 Å². The summed E-state index contributed by atoms with van der Waals surface area (Å²) < 4.78 is 26.9. The van der Waals surface area contributed by atoms with Gasteiger partial charge < -0.3 is 5.11 Å². The van der Waals surface area contributed by atoms with Crippen molar-refractivity contribution in [1.82, 2.24) is 0 Å². The predicted octanol–water partition coefficient (Wildman–Crippen LogP) is 2.48. The highest BCUT2D eigenvalue weighted by atomic mass is 32.2. The largest absolute Gasteiger partial charge is 0.478 e. The van der Waals surface area contributed by atoms with Crippen LogP contribution in [0, 0.1) is 11.8 Å². The van der Waals surface area contributed by atoms with E-state index in [0.717, 1.165) is 6.08 Å². The standard InChI is InChI=1S/C17H13NO4S/c19-17(20)12-5-4-7-14-8-6-9-15(13-14)18-23(21,22)16-10-2-1-3-11-16/h1-3,5-6,8-13,18H,(H,19,20). The number of carboxylic acid groups (broad SMARTS) is 1. The number of hydrogen-bond donors (Lipinski definition) is 2. The molecule has 0 aliphatic carbocycles. The summed E-state index contributed by atoms with van der Waals surface area (Å²) in [5, 5.41) is 8.46. The summed E-state index contributed by atoms with van der Waals surface area (Å²) in [5.41, 5.74) is 0.941. The minimum Gasteiger partial charge on any atom is -0.478 e. The number of aliphatic carboxylic acids is 1. The number of allylic oxidation sites excluding steroid dienone is 1. The lowest BCUT2D eigenvalue weighted by molar-refractivity contribution is -0.131. The van der Waals surface area contributed by atoms with E-state index in [4.69, 9.17) is 5.11 Å². The van der Waals surface area contributed by atoms with Crippen LogP contribution in [0.3, 0.4) is 0 Å². The number of carboxylic acids is 1. The van der Waals surface area contributed by atoms with Crippen molar-refractivity contribution >= 4 is 21.7 Å². The van der Waals surface area contributed by atoms with Gasteiger partial charge in [-0.2, -0.15) is 0 Å². The number of nitrogens with one attached hydrogen (secondary N) is 1. The Kier molecular flexibility index (Phi) is 5.18. The highest BCUT2D eigenvalue weighted by Crippen LogP contribution is 2.16. The van der Waals surface area contributed by atoms with E-state index in [0.29, 0.717) is 11.3 Å². The van der Waals surface area contributed by atoms with E-state index in [-0.39, 0.29) is 4.90 Å². The van der Waals surface area contributed by atoms with Crippen molar-refractivity contribution in [2.45, 2.75) is 4.90 Å². The molecule has 0 aliphatic rings. The molecule has 2 N–H and O–H groups in total. The average Bonchev–Trinajstić information content (AvgIpc) is 2.52. The smallest absolute Gasteiger partial charge is 0.328 e. The van der Waals surface area contributed by atoms with E-state index in [2.05, 4.69) is 16.6 Å². The van der Waals surface area contributed by atoms with Gasteiger partial charge >= 0.3 is 5.97 Å². The van der Waals surface area contributed by atoms with E-state index in [1.165, 1.54) is 18.2 Å². The molecule has 2 rings (SSSR count). The number of hydrogen-bond acceptors (Lipinski definition) is 3. The average molecular weight is 327 g/mol. The molecule has 0 atom stereocenters. The third-order valence-corrected chi connectivity index (χ3v) is 4.09. The second kappa shape index (κ2) is 7.29. The van der Waals surface area contributed by atoms with Gasteiger partial charge in [-0.3, -0.25) is 4.72 Å². The number of benzene rings is 2. The third kappa shape index (κ3) is 5.02. The molecular formula is C17H13NO4S. The summed E-state index contributed by atoms with van der Waals surface area (Å²) in [7, 11) is -3.66. The van der Waals surface area contributed by atoms with Crippen LogP contribution in [-0.2, 0) is 14.8 Å². The molecule has 0 radical (unpaired) electrons. The zero-order valence-electron chi connectivity index (χ0n) is 11.9. The van der Waals surface area contributed by atoms with Crippen LogP contribution in [0.15, 0.2) is 71.6 Å². The van der Waals surface area contributed by atoms with Crippen LogP contribution in [0.4, 0.5) is 5.69 Å². The molecule has 0 aliphatic heterocycles. The molecule has 0 bridgehead atoms. The first-order valence-corrected chi connectivity index (χ1v) is 8.05. The lowest BCUT2D eigenvalue weighted by atomic mass is 10.2. The third-order valence-electron chi connectivity index (χ3n) is 2.69. The van der Waals surface area contributed by atoms with Gasteiger partial charge in [-0.05, 0) is 36.4 Å². The number of carbonyl (C=O) groups is 1. The summed E-state index contributed by atoms with van der Waals surface area (Å²) in [4.78, 5) is 10.5. The van der Waals surface area contributed by atoms with Crippen LogP contribution >= 0.6 is 0 Å². The maximum atomic E-state index is 12.2. The minimum atomic E-state index is -3.66. The van der Waals surface area contributed by atoms with E-state index in [1.807, 2.05) is 0 Å². The Morgan fingerprint density at radius 2 is 1.83 bits per heavy atom. The second-order valence-corrected chi connectivity index (χ2v) is 6.12. The Hall–Kier alpha value is -3.04. The molecule has 0 heterocycles. The maximum absolute atomic E-state index is 12.2. The van der Waals surface area contributed by atoms with Crippen LogP contribution in [0.25, 0.3) is 0 Å². The van der Waals surface area contributed by atoms with Gasteiger partial charge in [0.2, 0.25) is 0 Å². The molecule has 0 amide bonds. The van der Waals surface area contributed by atoms with Gasteiger partial charge in [0.1, 0.15) is 0 Å². The molecule has 2 aromatic carbocycles. The van der Waals surface area contributed by atoms with Crippen molar-refractivity contribution in [3.63, 3.8) is 0 Å². The van der Waals surface area contributed by atoms with Crippen LogP contribution in [0.2, 0.25) is 0 Å². The van der Waals surface area contributed by atoms with Crippen molar-refractivity contribution in [1.29, 1.82) is 0 Å². The Labute approximate surface area is 134 Å². The first kappa shape index (κ1) is 16.3. The Balaban J connectivity index is 2.19.